The summed E-state index contributed by atoms with van der Waals surface area (Å²) < 4.78 is 0. The Morgan fingerprint density at radius 1 is 1.11 bits per heavy atom. The quantitative estimate of drug-likeness (QED) is 0.809. The van der Waals surface area contributed by atoms with Crippen LogP contribution >= 0.6 is 11.6 Å². The third-order valence-corrected chi connectivity index (χ3v) is 5.61. The van der Waals surface area contributed by atoms with Crippen LogP contribution in [0.25, 0.3) is 0 Å². The summed E-state index contributed by atoms with van der Waals surface area (Å²) in [5, 5.41) is 3.38. The summed E-state index contributed by atoms with van der Waals surface area (Å²) in [6.07, 6.45) is 0.404. The van der Waals surface area contributed by atoms with Crippen molar-refractivity contribution >= 4 is 29.4 Å². The van der Waals surface area contributed by atoms with Crippen LogP contribution < -0.4 is 5.32 Å². The third kappa shape index (κ3) is 3.24. The maximum absolute atomic E-state index is 13.0. The largest absolute Gasteiger partial charge is 0.336 e. The minimum atomic E-state index is -1.04. The minimum absolute atomic E-state index is 0.170. The number of halogens is 1. The molecule has 144 valence electrons. The number of benzene rings is 2. The molecule has 1 N–H and O–H groups in total. The van der Waals surface area contributed by atoms with E-state index in [0.717, 1.165) is 11.1 Å². The van der Waals surface area contributed by atoms with Crippen molar-refractivity contribution in [3.63, 3.8) is 0 Å². The third-order valence-electron chi connectivity index (χ3n) is 5.35. The summed E-state index contributed by atoms with van der Waals surface area (Å²) in [6.45, 7) is 2.78. The number of imide groups is 1. The maximum Gasteiger partial charge on any atom is 0.325 e. The van der Waals surface area contributed by atoms with Gasteiger partial charge in [0.05, 0.1) is 13.1 Å². The molecule has 0 unspecified atom stereocenters. The number of amides is 4. The second kappa shape index (κ2) is 6.95. The van der Waals surface area contributed by atoms with Gasteiger partial charge in [-0.25, -0.2) is 4.79 Å². The minimum Gasteiger partial charge on any atom is -0.336 e. The van der Waals surface area contributed by atoms with Gasteiger partial charge in [0, 0.05) is 17.1 Å². The van der Waals surface area contributed by atoms with Crippen molar-refractivity contribution in [1.29, 1.82) is 0 Å². The molecule has 1 spiro atoms. The fourth-order valence-electron chi connectivity index (χ4n) is 3.73. The molecule has 4 amide bonds. The molecule has 6 nitrogen and oxygen atoms in total. The number of carbonyl (C=O) groups is 3. The summed E-state index contributed by atoms with van der Waals surface area (Å²) in [6, 6.07) is 13.9. The Labute approximate surface area is 168 Å². The van der Waals surface area contributed by atoms with Crippen molar-refractivity contribution in [2.75, 3.05) is 13.1 Å². The van der Waals surface area contributed by atoms with E-state index >= 15 is 0 Å². The van der Waals surface area contributed by atoms with Crippen molar-refractivity contribution in [3.8, 4) is 0 Å². The Kier molecular flexibility index (Phi) is 4.59. The van der Waals surface area contributed by atoms with Gasteiger partial charge in [-0.2, -0.15) is 0 Å². The highest BCUT2D eigenvalue weighted by Crippen LogP contribution is 2.30. The van der Waals surface area contributed by atoms with Crippen molar-refractivity contribution in [3.05, 3.63) is 70.2 Å². The lowest BCUT2D eigenvalue weighted by Gasteiger charge is -2.22. The maximum atomic E-state index is 13.0. The normalized spacial score (nSPS) is 21.5. The zero-order valence-electron chi connectivity index (χ0n) is 15.4. The van der Waals surface area contributed by atoms with Crippen molar-refractivity contribution < 1.29 is 14.4 Å². The standard InChI is InChI=1S/C21H20ClN3O3/c1-14-2-4-15(5-3-14)12-25-19(27)21(23-20(25)28)10-11-24(13-21)18(26)16-6-8-17(22)9-7-16/h2-9H,10-13H2,1H3,(H,23,28)/t21-/m1/s1. The highest BCUT2D eigenvalue weighted by atomic mass is 35.5. The van der Waals surface area contributed by atoms with Gasteiger partial charge in [0.25, 0.3) is 11.8 Å². The van der Waals surface area contributed by atoms with E-state index in [1.165, 1.54) is 4.90 Å². The number of aryl methyl sites for hydroxylation is 1. The zero-order chi connectivity index (χ0) is 19.9. The second-order valence-electron chi connectivity index (χ2n) is 7.37. The van der Waals surface area contributed by atoms with Crippen LogP contribution in [0.4, 0.5) is 4.79 Å². The Balaban J connectivity index is 1.49. The molecule has 2 aromatic carbocycles. The molecule has 2 heterocycles. The number of urea groups is 1. The van der Waals surface area contributed by atoms with Gasteiger partial charge in [-0.15, -0.1) is 0 Å². The summed E-state index contributed by atoms with van der Waals surface area (Å²) in [5.74, 6) is -0.447. The van der Waals surface area contributed by atoms with Crippen LogP contribution in [-0.2, 0) is 11.3 Å². The number of hydrogen-bond donors (Lipinski definition) is 1. The molecule has 28 heavy (non-hydrogen) atoms. The molecule has 2 aliphatic heterocycles. The van der Waals surface area contributed by atoms with E-state index in [2.05, 4.69) is 5.32 Å². The van der Waals surface area contributed by atoms with Crippen LogP contribution in [0.3, 0.4) is 0 Å². The van der Waals surface area contributed by atoms with Crippen molar-refractivity contribution in [2.45, 2.75) is 25.4 Å². The Morgan fingerprint density at radius 2 is 1.79 bits per heavy atom. The monoisotopic (exact) mass is 397 g/mol. The number of carbonyl (C=O) groups excluding carboxylic acids is 3. The predicted molar refractivity (Wildman–Crippen MR) is 105 cm³/mol. The molecule has 7 heteroatoms. The molecule has 4 rings (SSSR count). The average molecular weight is 398 g/mol. The van der Waals surface area contributed by atoms with Gasteiger partial charge in [-0.1, -0.05) is 41.4 Å². The molecule has 0 radical (unpaired) electrons. The fraction of sp³-hybridized carbons (Fsp3) is 0.286. The van der Waals surface area contributed by atoms with Crippen LogP contribution in [0.5, 0.6) is 0 Å². The summed E-state index contributed by atoms with van der Waals surface area (Å²) in [7, 11) is 0. The fourth-order valence-corrected chi connectivity index (χ4v) is 3.86. The first-order valence-electron chi connectivity index (χ1n) is 9.12. The van der Waals surface area contributed by atoms with Gasteiger partial charge in [-0.3, -0.25) is 14.5 Å². The van der Waals surface area contributed by atoms with Crippen molar-refractivity contribution in [2.24, 2.45) is 0 Å². The molecular formula is C21H20ClN3O3. The van der Waals surface area contributed by atoms with E-state index in [1.54, 1.807) is 29.2 Å². The SMILES string of the molecule is Cc1ccc(CN2C(=O)N[C@@]3(CCN(C(=O)c4ccc(Cl)cc4)C3)C2=O)cc1. The van der Waals surface area contributed by atoms with E-state index in [1.807, 2.05) is 31.2 Å². The number of hydrogen-bond acceptors (Lipinski definition) is 3. The number of nitrogens with one attached hydrogen (secondary N) is 1. The molecule has 0 saturated carbocycles. The summed E-state index contributed by atoms with van der Waals surface area (Å²) in [5.41, 5.74) is 1.47. The molecule has 2 aliphatic rings. The average Bonchev–Trinajstić information content (AvgIpc) is 3.20. The first kappa shape index (κ1) is 18.5. The summed E-state index contributed by atoms with van der Waals surface area (Å²) >= 11 is 5.88. The highest BCUT2D eigenvalue weighted by molar-refractivity contribution is 6.30. The van der Waals surface area contributed by atoms with Crippen molar-refractivity contribution in [1.82, 2.24) is 15.1 Å². The van der Waals surface area contributed by atoms with Gasteiger partial charge in [0.15, 0.2) is 0 Å². The lowest BCUT2D eigenvalue weighted by Crippen LogP contribution is -2.49. The van der Waals surface area contributed by atoms with Gasteiger partial charge in [0.1, 0.15) is 5.54 Å². The molecule has 2 aromatic rings. The summed E-state index contributed by atoms with van der Waals surface area (Å²) in [4.78, 5) is 41.1. The molecule has 0 aromatic heterocycles. The second-order valence-corrected chi connectivity index (χ2v) is 7.81. The molecular weight excluding hydrogens is 378 g/mol. The van der Waals surface area contributed by atoms with Gasteiger partial charge in [0.2, 0.25) is 0 Å². The number of rotatable bonds is 3. The van der Waals surface area contributed by atoms with Crippen LogP contribution in [-0.4, -0.2) is 46.3 Å². The van der Waals surface area contributed by atoms with E-state index in [9.17, 15) is 14.4 Å². The van der Waals surface area contributed by atoms with Crippen LogP contribution in [0.2, 0.25) is 5.02 Å². The molecule has 0 bridgehead atoms. The Hall–Kier alpha value is -2.86. The van der Waals surface area contributed by atoms with Crippen LogP contribution in [0.15, 0.2) is 48.5 Å². The van der Waals surface area contributed by atoms with Gasteiger partial charge >= 0.3 is 6.03 Å². The van der Waals surface area contributed by atoms with Gasteiger partial charge < -0.3 is 10.2 Å². The zero-order valence-corrected chi connectivity index (χ0v) is 16.2. The smallest absolute Gasteiger partial charge is 0.325 e. The van der Waals surface area contributed by atoms with Crippen LogP contribution in [0.1, 0.15) is 27.9 Å². The Bertz CT molecular complexity index is 942. The molecule has 0 aliphatic carbocycles. The van der Waals surface area contributed by atoms with E-state index in [0.29, 0.717) is 23.6 Å². The lowest BCUT2D eigenvalue weighted by atomic mass is 9.99. The predicted octanol–water partition coefficient (Wildman–Crippen LogP) is 2.99. The Morgan fingerprint density at radius 3 is 2.46 bits per heavy atom. The van der Waals surface area contributed by atoms with E-state index in [-0.39, 0.29) is 24.9 Å². The lowest BCUT2D eigenvalue weighted by molar-refractivity contribution is -0.131. The van der Waals surface area contributed by atoms with Gasteiger partial charge in [-0.05, 0) is 43.2 Å². The first-order valence-corrected chi connectivity index (χ1v) is 9.50. The highest BCUT2D eigenvalue weighted by Gasteiger charge is 2.55. The molecule has 2 fully saturated rings. The number of likely N-dealkylation sites (tertiary alicyclic amines) is 1. The number of nitrogens with zero attached hydrogens (tertiary/aromatic N) is 2. The topological polar surface area (TPSA) is 69.7 Å². The molecule has 2 saturated heterocycles. The molecule has 1 atom stereocenters. The van der Waals surface area contributed by atoms with E-state index < -0.39 is 11.6 Å². The van der Waals surface area contributed by atoms with E-state index in [4.69, 9.17) is 11.6 Å². The van der Waals surface area contributed by atoms with Crippen LogP contribution in [0, 0.1) is 6.92 Å². The first-order chi connectivity index (χ1) is 13.4.